The van der Waals surface area contributed by atoms with Gasteiger partial charge >= 0.3 is 58.4 Å². The first-order valence-electron chi connectivity index (χ1n) is 1.46. The molecule has 0 aliphatic carbocycles. The summed E-state index contributed by atoms with van der Waals surface area (Å²) in [4.78, 5) is 51.3. The molecule has 0 unspecified atom stereocenters. The van der Waals surface area contributed by atoms with E-state index in [2.05, 4.69) is 0 Å². The van der Waals surface area contributed by atoms with Gasteiger partial charge in [0.25, 0.3) is 0 Å². The summed E-state index contributed by atoms with van der Waals surface area (Å²) in [6, 6.07) is 0. The van der Waals surface area contributed by atoms with E-state index in [4.69, 9.17) is 38.5 Å². The first-order valence-corrected chi connectivity index (χ1v) is 4.38. The molecule has 112 valence electrons. The zero-order valence-corrected chi connectivity index (χ0v) is 20.0. The van der Waals surface area contributed by atoms with Crippen molar-refractivity contribution in [3.05, 3.63) is 0 Å². The second kappa shape index (κ2) is 36.8. The molecule has 14 nitrogen and oxygen atoms in total. The van der Waals surface area contributed by atoms with Gasteiger partial charge in [-0.25, -0.2) is 0 Å². The Hall–Kier alpha value is 1.85. The van der Waals surface area contributed by atoms with Crippen molar-refractivity contribution in [1.82, 2.24) is 0 Å². The van der Waals surface area contributed by atoms with Crippen molar-refractivity contribution in [2.24, 2.45) is 0 Å². The quantitative estimate of drug-likeness (QED) is 0.229. The van der Waals surface area contributed by atoms with Gasteiger partial charge in [-0.3, -0.25) is 0 Å². The van der Waals surface area contributed by atoms with Gasteiger partial charge in [0.2, 0.25) is 0 Å². The molecule has 0 atom stereocenters. The summed E-state index contributed by atoms with van der Waals surface area (Å²) in [5, 5.41) is 0. The van der Waals surface area contributed by atoms with Gasteiger partial charge < -0.3 is 71.3 Å². The molecular formula is H12O14P2Zn3. The Bertz CT molecular complexity index is 133. The van der Waals surface area contributed by atoms with Gasteiger partial charge in [-0.2, -0.15) is 15.6 Å². The molecule has 0 fully saturated rings. The number of hydrogen-bond acceptors (Lipinski definition) is 8. The third kappa shape index (κ3) is 1850. The van der Waals surface area contributed by atoms with Gasteiger partial charge in [0.15, 0.2) is 0 Å². The minimum atomic E-state index is -5.39. The van der Waals surface area contributed by atoms with Crippen LogP contribution >= 0.6 is 15.6 Å². The van der Waals surface area contributed by atoms with Crippen molar-refractivity contribution in [2.75, 3.05) is 0 Å². The maximum atomic E-state index is 8.55. The summed E-state index contributed by atoms with van der Waals surface area (Å²) in [6.07, 6.45) is 0. The van der Waals surface area contributed by atoms with Crippen molar-refractivity contribution >= 4 is 15.6 Å². The van der Waals surface area contributed by atoms with Crippen molar-refractivity contribution in [2.45, 2.75) is 0 Å². The van der Waals surface area contributed by atoms with E-state index in [1.165, 1.54) is 0 Å². The molecule has 0 saturated heterocycles. The van der Waals surface area contributed by atoms with Gasteiger partial charge in [-0.15, -0.1) is 0 Å². The SMILES string of the molecule is O.O.O.O.O.O.O=P([O-])([O-])[O-].O=P([O-])([O-])[O-].[Zn+2].[Zn+2].[Zn+2]. The molecule has 0 heterocycles. The number of phosphoric acid groups is 2. The fourth-order valence-electron chi connectivity index (χ4n) is 0. The number of rotatable bonds is 0. The predicted molar refractivity (Wildman–Crippen MR) is 36.9 cm³/mol. The van der Waals surface area contributed by atoms with Crippen molar-refractivity contribution in [1.29, 1.82) is 0 Å². The molecule has 0 amide bonds. The van der Waals surface area contributed by atoms with E-state index < -0.39 is 15.6 Å². The summed E-state index contributed by atoms with van der Waals surface area (Å²) in [6.45, 7) is 0. The predicted octanol–water partition coefficient (Wildman–Crippen LogP) is -10.6. The van der Waals surface area contributed by atoms with Crippen molar-refractivity contribution in [3.8, 4) is 0 Å². The molecule has 0 aromatic rings. The van der Waals surface area contributed by atoms with E-state index in [0.29, 0.717) is 0 Å². The fraction of sp³-hybridized carbons (Fsp3) is 0. The minimum Gasteiger partial charge on any atom is -0.822 e. The average Bonchev–Trinajstić information content (AvgIpc) is 1.12. The Morgan fingerprint density at radius 3 is 0.421 bits per heavy atom. The standard InChI is InChI=1S/2H3O4P.6H2O.3Zn/c2*1-5(2,3)4;;;;;;;;;/h2*(H3,1,2,3,4);6*1H2;;;/q;;;;;;;;3*+2/p-6. The maximum absolute atomic E-state index is 8.55. The molecule has 0 aromatic heterocycles. The maximum Gasteiger partial charge on any atom is 2.00 e. The Morgan fingerprint density at radius 2 is 0.421 bits per heavy atom. The summed E-state index contributed by atoms with van der Waals surface area (Å²) in [5.74, 6) is 0. The molecule has 19 heavy (non-hydrogen) atoms. The van der Waals surface area contributed by atoms with Crippen LogP contribution in [0.15, 0.2) is 0 Å². The number of hydrogen-bond donors (Lipinski definition) is 0. The van der Waals surface area contributed by atoms with Gasteiger partial charge in [-0.1, -0.05) is 0 Å². The van der Waals surface area contributed by atoms with Crippen molar-refractivity contribution < 1.29 is 130 Å². The smallest absolute Gasteiger partial charge is 0.822 e. The van der Waals surface area contributed by atoms with Gasteiger partial charge in [0.05, 0.1) is 0 Å². The molecule has 0 aliphatic heterocycles. The molecule has 12 N–H and O–H groups in total. The summed E-state index contributed by atoms with van der Waals surface area (Å²) in [7, 11) is -10.8. The second-order valence-corrected chi connectivity index (χ2v) is 2.68. The Morgan fingerprint density at radius 1 is 0.421 bits per heavy atom. The van der Waals surface area contributed by atoms with E-state index in [0.717, 1.165) is 0 Å². The van der Waals surface area contributed by atoms with Crippen LogP contribution in [-0.2, 0) is 67.6 Å². The first kappa shape index (κ1) is 84.7. The largest absolute Gasteiger partial charge is 2.00 e. The Labute approximate surface area is 145 Å². The zero-order chi connectivity index (χ0) is 9.00. The van der Waals surface area contributed by atoms with Crippen LogP contribution in [-0.4, -0.2) is 32.9 Å². The summed E-state index contributed by atoms with van der Waals surface area (Å²) >= 11 is 0. The monoisotopic (exact) mass is 490 g/mol. The van der Waals surface area contributed by atoms with Crippen LogP contribution in [0.5, 0.6) is 0 Å². The van der Waals surface area contributed by atoms with Crippen LogP contribution in [0.1, 0.15) is 0 Å². The average molecular weight is 494 g/mol. The van der Waals surface area contributed by atoms with E-state index in [-0.39, 0.29) is 91.3 Å². The van der Waals surface area contributed by atoms with Crippen LogP contribution in [0.2, 0.25) is 0 Å². The van der Waals surface area contributed by atoms with Crippen LogP contribution in [0.4, 0.5) is 0 Å². The van der Waals surface area contributed by atoms with Gasteiger partial charge in [-0.05, 0) is 0 Å². The zero-order valence-electron chi connectivity index (χ0n) is 9.28. The van der Waals surface area contributed by atoms with E-state index in [1.807, 2.05) is 0 Å². The normalized spacial score (nSPS) is 6.21. The van der Waals surface area contributed by atoms with Crippen LogP contribution in [0.3, 0.4) is 0 Å². The summed E-state index contributed by atoms with van der Waals surface area (Å²) in [5.41, 5.74) is 0. The molecule has 0 rings (SSSR count). The molecule has 19 heteroatoms. The Balaban J connectivity index is -0.00000000508. The third-order valence-electron chi connectivity index (χ3n) is 0. The first-order chi connectivity index (χ1) is 4.00. The van der Waals surface area contributed by atoms with Crippen molar-refractivity contribution in [3.63, 3.8) is 0 Å². The van der Waals surface area contributed by atoms with Crippen LogP contribution in [0, 0.1) is 0 Å². The third-order valence-corrected chi connectivity index (χ3v) is 0. The second-order valence-electron chi connectivity index (χ2n) is 0.894. The van der Waals surface area contributed by atoms with E-state index in [1.54, 1.807) is 0 Å². The van der Waals surface area contributed by atoms with Gasteiger partial charge in [0, 0.05) is 0 Å². The topological polar surface area (TPSA) is 362 Å². The van der Waals surface area contributed by atoms with Crippen LogP contribution in [0.25, 0.3) is 0 Å². The van der Waals surface area contributed by atoms with E-state index in [9.17, 15) is 0 Å². The van der Waals surface area contributed by atoms with Gasteiger partial charge in [0.1, 0.15) is 0 Å². The Kier molecular flexibility index (Phi) is 164. The molecule has 0 aliphatic rings. The molecule has 0 saturated carbocycles. The fourth-order valence-corrected chi connectivity index (χ4v) is 0. The molecule has 0 radical (unpaired) electrons. The molecule has 0 spiro atoms. The molecular weight excluding hydrogens is 482 g/mol. The molecule has 0 bridgehead atoms. The minimum absolute atomic E-state index is 0. The van der Waals surface area contributed by atoms with E-state index >= 15 is 0 Å². The molecule has 0 aromatic carbocycles. The summed E-state index contributed by atoms with van der Waals surface area (Å²) < 4.78 is 17.1. The van der Waals surface area contributed by atoms with Crippen LogP contribution < -0.4 is 29.4 Å².